The summed E-state index contributed by atoms with van der Waals surface area (Å²) in [5.74, 6) is -0.728. The maximum Gasteiger partial charge on any atom is 0.338 e. The minimum Gasteiger partial charge on any atom is -0.462 e. The van der Waals surface area contributed by atoms with Gasteiger partial charge in [0.25, 0.3) is 11.6 Å². The lowest BCUT2D eigenvalue weighted by molar-refractivity contribution is -0.384. The van der Waals surface area contributed by atoms with Crippen LogP contribution >= 0.6 is 0 Å². The normalized spacial score (nSPS) is 14.3. The van der Waals surface area contributed by atoms with Gasteiger partial charge in [-0.2, -0.15) is 0 Å². The Kier molecular flexibility index (Phi) is 6.36. The number of hydrogen-bond donors (Lipinski definition) is 0. The van der Waals surface area contributed by atoms with E-state index in [0.717, 1.165) is 11.1 Å². The van der Waals surface area contributed by atoms with E-state index in [9.17, 15) is 19.7 Å². The van der Waals surface area contributed by atoms with Crippen molar-refractivity contribution in [2.24, 2.45) is 0 Å². The van der Waals surface area contributed by atoms with Gasteiger partial charge >= 0.3 is 5.97 Å². The minimum atomic E-state index is -0.467. The number of carbonyl (C=O) groups excluding carboxylic acids is 2. The Morgan fingerprint density at radius 3 is 2.41 bits per heavy atom. The number of carbonyl (C=O) groups is 2. The van der Waals surface area contributed by atoms with Crippen molar-refractivity contribution in [3.05, 3.63) is 117 Å². The molecular weight excluding hydrogens is 432 g/mol. The topological polar surface area (TPSA) is 89.8 Å². The minimum absolute atomic E-state index is 0.0202. The molecule has 1 amide bonds. The average molecular weight is 454 g/mol. The monoisotopic (exact) mass is 454 g/mol. The summed E-state index contributed by atoms with van der Waals surface area (Å²) in [6.07, 6.45) is 3.47. The first-order chi connectivity index (χ1) is 16.4. The summed E-state index contributed by atoms with van der Waals surface area (Å²) >= 11 is 0. The van der Waals surface area contributed by atoms with Gasteiger partial charge in [0.05, 0.1) is 28.5 Å². The highest BCUT2D eigenvalue weighted by molar-refractivity contribution is 6.23. The molecule has 7 heteroatoms. The molecule has 0 N–H and O–H groups in total. The molecule has 4 rings (SSSR count). The van der Waals surface area contributed by atoms with Crippen LogP contribution in [-0.4, -0.2) is 23.4 Å². The number of hydrogen-bond acceptors (Lipinski definition) is 5. The summed E-state index contributed by atoms with van der Waals surface area (Å²) < 4.78 is 5.11. The SMILES string of the molecule is CCOC(=O)c1cccc(N2C(=O)/C(=C/c3ccc([N+](=O)[O-])cc3)C=C2c2ccc(C)cc2)c1. The molecule has 0 radical (unpaired) electrons. The molecular formula is C27H22N2O5. The van der Waals surface area contributed by atoms with E-state index in [2.05, 4.69) is 0 Å². The van der Waals surface area contributed by atoms with Crippen LogP contribution in [0, 0.1) is 17.0 Å². The quantitative estimate of drug-likeness (QED) is 0.211. The molecule has 34 heavy (non-hydrogen) atoms. The Labute approximate surface area is 196 Å². The molecule has 0 spiro atoms. The number of amides is 1. The van der Waals surface area contributed by atoms with Crippen molar-refractivity contribution in [3.63, 3.8) is 0 Å². The van der Waals surface area contributed by atoms with Gasteiger partial charge in [-0.15, -0.1) is 0 Å². The van der Waals surface area contributed by atoms with Crippen LogP contribution in [0.1, 0.15) is 34.0 Å². The second kappa shape index (κ2) is 9.54. The van der Waals surface area contributed by atoms with E-state index in [4.69, 9.17) is 4.74 Å². The van der Waals surface area contributed by atoms with Crippen LogP contribution in [0.2, 0.25) is 0 Å². The highest BCUT2D eigenvalue weighted by Crippen LogP contribution is 2.36. The molecule has 0 aliphatic carbocycles. The Balaban J connectivity index is 1.78. The van der Waals surface area contributed by atoms with Crippen molar-refractivity contribution in [2.45, 2.75) is 13.8 Å². The van der Waals surface area contributed by atoms with Crippen molar-refractivity contribution in [2.75, 3.05) is 11.5 Å². The van der Waals surface area contributed by atoms with Crippen molar-refractivity contribution in [1.82, 2.24) is 0 Å². The lowest BCUT2D eigenvalue weighted by Gasteiger charge is -2.21. The summed E-state index contributed by atoms with van der Waals surface area (Å²) in [6, 6.07) is 20.5. The molecule has 3 aromatic carbocycles. The Morgan fingerprint density at radius 1 is 1.06 bits per heavy atom. The summed E-state index contributed by atoms with van der Waals surface area (Å²) in [7, 11) is 0. The molecule has 7 nitrogen and oxygen atoms in total. The van der Waals surface area contributed by atoms with Crippen LogP contribution in [0.15, 0.2) is 84.4 Å². The lowest BCUT2D eigenvalue weighted by Crippen LogP contribution is -2.25. The number of aryl methyl sites for hydroxylation is 1. The third-order valence-electron chi connectivity index (χ3n) is 5.37. The average Bonchev–Trinajstić information content (AvgIpc) is 3.16. The fourth-order valence-corrected chi connectivity index (χ4v) is 3.67. The zero-order valence-electron chi connectivity index (χ0n) is 18.7. The zero-order valence-corrected chi connectivity index (χ0v) is 18.7. The van der Waals surface area contributed by atoms with Crippen LogP contribution in [0.4, 0.5) is 11.4 Å². The highest BCUT2D eigenvalue weighted by Gasteiger charge is 2.31. The molecule has 0 saturated heterocycles. The predicted octanol–water partition coefficient (Wildman–Crippen LogP) is 5.55. The van der Waals surface area contributed by atoms with E-state index in [1.807, 2.05) is 31.2 Å². The second-order valence-electron chi connectivity index (χ2n) is 7.76. The van der Waals surface area contributed by atoms with Crippen molar-refractivity contribution in [3.8, 4) is 0 Å². The number of nitrogens with zero attached hydrogens (tertiary/aromatic N) is 2. The van der Waals surface area contributed by atoms with E-state index in [1.165, 1.54) is 12.1 Å². The molecule has 1 heterocycles. The third-order valence-corrected chi connectivity index (χ3v) is 5.37. The van der Waals surface area contributed by atoms with Crippen LogP contribution in [-0.2, 0) is 9.53 Å². The maximum atomic E-state index is 13.5. The highest BCUT2D eigenvalue weighted by atomic mass is 16.6. The summed E-state index contributed by atoms with van der Waals surface area (Å²) in [5.41, 5.74) is 4.55. The number of benzene rings is 3. The van der Waals surface area contributed by atoms with Gasteiger partial charge < -0.3 is 4.74 Å². The Bertz CT molecular complexity index is 1320. The maximum absolute atomic E-state index is 13.5. The summed E-state index contributed by atoms with van der Waals surface area (Å²) in [5, 5.41) is 10.9. The number of nitro groups is 1. The first-order valence-electron chi connectivity index (χ1n) is 10.7. The van der Waals surface area contributed by atoms with Gasteiger partial charge in [0.2, 0.25) is 0 Å². The fraction of sp³-hybridized carbons (Fsp3) is 0.111. The van der Waals surface area contributed by atoms with Crippen LogP contribution in [0.25, 0.3) is 11.8 Å². The molecule has 0 aromatic heterocycles. The summed E-state index contributed by atoms with van der Waals surface area (Å²) in [4.78, 5) is 37.8. The van der Waals surface area contributed by atoms with Crippen LogP contribution in [0.5, 0.6) is 0 Å². The summed E-state index contributed by atoms with van der Waals surface area (Å²) in [6.45, 7) is 3.97. The van der Waals surface area contributed by atoms with Crippen molar-refractivity contribution < 1.29 is 19.2 Å². The van der Waals surface area contributed by atoms with E-state index in [0.29, 0.717) is 28.1 Å². The molecule has 0 saturated carbocycles. The van der Waals surface area contributed by atoms with Gasteiger partial charge in [-0.05, 0) is 67.5 Å². The largest absolute Gasteiger partial charge is 0.462 e. The van der Waals surface area contributed by atoms with Gasteiger partial charge in [0.1, 0.15) is 0 Å². The molecule has 0 unspecified atom stereocenters. The Hall–Kier alpha value is -4.52. The van der Waals surface area contributed by atoms with Gasteiger partial charge in [-0.3, -0.25) is 19.8 Å². The van der Waals surface area contributed by atoms with Crippen molar-refractivity contribution >= 4 is 35.0 Å². The van der Waals surface area contributed by atoms with Gasteiger partial charge in [0, 0.05) is 17.7 Å². The standard InChI is InChI=1S/C27H22N2O5/c1-3-34-27(31)21-5-4-6-24(16-21)28-25(20-11-7-18(2)8-12-20)17-22(26(28)30)15-19-9-13-23(14-10-19)29(32)33/h4-17H,3H2,1-2H3/b22-15+. The smallest absolute Gasteiger partial charge is 0.338 e. The van der Waals surface area contributed by atoms with Crippen LogP contribution < -0.4 is 4.90 Å². The van der Waals surface area contributed by atoms with Crippen LogP contribution in [0.3, 0.4) is 0 Å². The second-order valence-corrected chi connectivity index (χ2v) is 7.76. The molecule has 0 atom stereocenters. The molecule has 1 aliphatic heterocycles. The number of esters is 1. The predicted molar refractivity (Wildman–Crippen MR) is 130 cm³/mol. The van der Waals surface area contributed by atoms with Gasteiger partial charge in [0.15, 0.2) is 0 Å². The van der Waals surface area contributed by atoms with E-state index in [1.54, 1.807) is 60.4 Å². The van der Waals surface area contributed by atoms with Gasteiger partial charge in [-0.1, -0.05) is 35.9 Å². The van der Waals surface area contributed by atoms with E-state index < -0.39 is 10.9 Å². The fourth-order valence-electron chi connectivity index (χ4n) is 3.67. The molecule has 0 bridgehead atoms. The molecule has 0 fully saturated rings. The number of non-ortho nitro benzene ring substituents is 1. The zero-order chi connectivity index (χ0) is 24.2. The van der Waals surface area contributed by atoms with E-state index in [-0.39, 0.29) is 18.2 Å². The molecule has 3 aromatic rings. The Morgan fingerprint density at radius 2 is 1.76 bits per heavy atom. The first-order valence-corrected chi connectivity index (χ1v) is 10.7. The van der Waals surface area contributed by atoms with Gasteiger partial charge in [-0.25, -0.2) is 4.79 Å². The van der Waals surface area contributed by atoms with E-state index >= 15 is 0 Å². The number of nitro benzene ring substituents is 1. The number of anilines is 1. The van der Waals surface area contributed by atoms with Crippen molar-refractivity contribution in [1.29, 1.82) is 0 Å². The molecule has 170 valence electrons. The third kappa shape index (κ3) is 4.63. The number of rotatable bonds is 6. The lowest BCUT2D eigenvalue weighted by atomic mass is 10.1. The number of ether oxygens (including phenoxy) is 1. The first kappa shape index (κ1) is 22.7. The molecule has 1 aliphatic rings.